The Morgan fingerprint density at radius 3 is 2.58 bits per heavy atom. The molecule has 2 heterocycles. The van der Waals surface area contributed by atoms with E-state index in [-0.39, 0.29) is 5.92 Å². The van der Waals surface area contributed by atoms with Crippen molar-refractivity contribution in [1.82, 2.24) is 14.9 Å². The molecule has 2 rings (SSSR count). The number of hydrogen-bond donors (Lipinski definition) is 0. The van der Waals surface area contributed by atoms with Gasteiger partial charge < -0.3 is 9.64 Å². The molecule has 8 heteroatoms. The molecule has 1 saturated heterocycles. The first-order valence-corrected chi connectivity index (χ1v) is 8.02. The van der Waals surface area contributed by atoms with Gasteiger partial charge in [0, 0.05) is 30.8 Å². The third-order valence-corrected chi connectivity index (χ3v) is 4.34. The van der Waals surface area contributed by atoms with Crippen molar-refractivity contribution in [3.8, 4) is 5.88 Å². The minimum atomic E-state index is -4.28. The normalized spacial score (nSPS) is 16.3. The number of halogens is 3. The average Bonchev–Trinajstić information content (AvgIpc) is 2.54. The molecule has 0 atom stereocenters. The Balaban J connectivity index is 1.75. The summed E-state index contributed by atoms with van der Waals surface area (Å²) in [5, 5.41) is 0. The van der Waals surface area contributed by atoms with E-state index in [9.17, 15) is 18.0 Å². The van der Waals surface area contributed by atoms with Crippen LogP contribution < -0.4 is 4.74 Å². The molecule has 1 fully saturated rings. The molecule has 0 unspecified atom stereocenters. The van der Waals surface area contributed by atoms with Crippen LogP contribution in [0.1, 0.15) is 36.9 Å². The summed E-state index contributed by atoms with van der Waals surface area (Å²) in [5.74, 6) is 0.409. The maximum atomic E-state index is 12.2. The van der Waals surface area contributed by atoms with Crippen molar-refractivity contribution in [2.45, 2.75) is 45.7 Å². The molecular weight excluding hydrogens is 323 g/mol. The van der Waals surface area contributed by atoms with Crippen LogP contribution in [-0.4, -0.2) is 46.6 Å². The van der Waals surface area contributed by atoms with Crippen molar-refractivity contribution in [2.75, 3.05) is 19.7 Å². The van der Waals surface area contributed by atoms with E-state index in [0.29, 0.717) is 25.6 Å². The SMILES string of the molecule is Cc1ncnc(OCC2CCN(C(=O)CCC(F)(F)F)CC2)c1C. The second kappa shape index (κ2) is 7.81. The molecule has 5 nitrogen and oxygen atoms in total. The van der Waals surface area contributed by atoms with Crippen LogP contribution >= 0.6 is 0 Å². The monoisotopic (exact) mass is 345 g/mol. The van der Waals surface area contributed by atoms with Crippen LogP contribution in [0.2, 0.25) is 0 Å². The zero-order valence-electron chi connectivity index (χ0n) is 13.9. The first-order valence-electron chi connectivity index (χ1n) is 8.02. The number of amides is 1. The van der Waals surface area contributed by atoms with Gasteiger partial charge in [-0.1, -0.05) is 0 Å². The maximum absolute atomic E-state index is 12.2. The summed E-state index contributed by atoms with van der Waals surface area (Å²) in [6, 6.07) is 0. The van der Waals surface area contributed by atoms with E-state index in [1.165, 1.54) is 11.2 Å². The molecule has 0 aromatic carbocycles. The van der Waals surface area contributed by atoms with Gasteiger partial charge in [0.2, 0.25) is 11.8 Å². The number of aromatic nitrogens is 2. The molecule has 1 aliphatic heterocycles. The molecule has 0 N–H and O–H groups in total. The number of hydrogen-bond acceptors (Lipinski definition) is 4. The number of ether oxygens (including phenoxy) is 1. The molecule has 0 radical (unpaired) electrons. The first kappa shape index (κ1) is 18.5. The zero-order valence-corrected chi connectivity index (χ0v) is 13.9. The lowest BCUT2D eigenvalue weighted by Gasteiger charge is -2.32. The molecule has 24 heavy (non-hydrogen) atoms. The van der Waals surface area contributed by atoms with Gasteiger partial charge in [0.05, 0.1) is 13.0 Å². The minimum absolute atomic E-state index is 0.270. The second-order valence-corrected chi connectivity index (χ2v) is 6.14. The van der Waals surface area contributed by atoms with E-state index in [4.69, 9.17) is 4.74 Å². The summed E-state index contributed by atoms with van der Waals surface area (Å²) >= 11 is 0. The Bertz CT molecular complexity index is 570. The number of piperidine rings is 1. The van der Waals surface area contributed by atoms with E-state index in [0.717, 1.165) is 24.1 Å². The van der Waals surface area contributed by atoms with Crippen molar-refractivity contribution in [2.24, 2.45) is 5.92 Å². The number of rotatable bonds is 5. The summed E-state index contributed by atoms with van der Waals surface area (Å²) < 4.78 is 42.3. The van der Waals surface area contributed by atoms with Crippen molar-refractivity contribution < 1.29 is 22.7 Å². The van der Waals surface area contributed by atoms with Crippen molar-refractivity contribution in [3.63, 3.8) is 0 Å². The Hall–Kier alpha value is -1.86. The van der Waals surface area contributed by atoms with Crippen molar-refractivity contribution >= 4 is 5.91 Å². The standard InChI is InChI=1S/C16H22F3N3O2/c1-11-12(2)20-10-21-15(11)24-9-13-4-7-22(8-5-13)14(23)3-6-16(17,18)19/h10,13H,3-9H2,1-2H3. The zero-order chi connectivity index (χ0) is 17.7. The van der Waals surface area contributed by atoms with Gasteiger partial charge in [-0.3, -0.25) is 4.79 Å². The fraction of sp³-hybridized carbons (Fsp3) is 0.688. The van der Waals surface area contributed by atoms with E-state index in [2.05, 4.69) is 9.97 Å². The Labute approximate surface area is 139 Å². The topological polar surface area (TPSA) is 55.3 Å². The van der Waals surface area contributed by atoms with Crippen molar-refractivity contribution in [1.29, 1.82) is 0 Å². The van der Waals surface area contributed by atoms with Crippen LogP contribution in [0.3, 0.4) is 0 Å². The lowest BCUT2D eigenvalue weighted by atomic mass is 9.97. The highest BCUT2D eigenvalue weighted by Crippen LogP contribution is 2.24. The molecule has 1 aromatic heterocycles. The van der Waals surface area contributed by atoms with Gasteiger partial charge >= 0.3 is 6.18 Å². The smallest absolute Gasteiger partial charge is 0.389 e. The quantitative estimate of drug-likeness (QED) is 0.823. The summed E-state index contributed by atoms with van der Waals surface area (Å²) in [6.45, 7) is 5.22. The van der Waals surface area contributed by atoms with Gasteiger partial charge in [0.1, 0.15) is 6.33 Å². The predicted molar refractivity (Wildman–Crippen MR) is 81.6 cm³/mol. The van der Waals surface area contributed by atoms with Crippen LogP contribution in [-0.2, 0) is 4.79 Å². The Morgan fingerprint density at radius 2 is 1.96 bits per heavy atom. The average molecular weight is 345 g/mol. The largest absolute Gasteiger partial charge is 0.477 e. The highest BCUT2D eigenvalue weighted by Gasteiger charge is 2.30. The number of aryl methyl sites for hydroxylation is 1. The fourth-order valence-corrected chi connectivity index (χ4v) is 2.61. The van der Waals surface area contributed by atoms with Crippen LogP contribution in [0, 0.1) is 19.8 Å². The third kappa shape index (κ3) is 5.35. The van der Waals surface area contributed by atoms with E-state index >= 15 is 0 Å². The van der Waals surface area contributed by atoms with Gasteiger partial charge in [-0.05, 0) is 32.6 Å². The van der Waals surface area contributed by atoms with Gasteiger partial charge in [-0.15, -0.1) is 0 Å². The van der Waals surface area contributed by atoms with Crippen LogP contribution in [0.4, 0.5) is 13.2 Å². The predicted octanol–water partition coefficient (Wildman–Crippen LogP) is 3.05. The van der Waals surface area contributed by atoms with Crippen LogP contribution in [0.25, 0.3) is 0 Å². The van der Waals surface area contributed by atoms with Gasteiger partial charge in [0.15, 0.2) is 0 Å². The highest BCUT2D eigenvalue weighted by molar-refractivity contribution is 5.76. The lowest BCUT2D eigenvalue weighted by Crippen LogP contribution is -2.40. The number of alkyl halides is 3. The Kier molecular flexibility index (Phi) is 6.01. The fourth-order valence-electron chi connectivity index (χ4n) is 2.61. The molecule has 0 bridgehead atoms. The van der Waals surface area contributed by atoms with Gasteiger partial charge in [-0.25, -0.2) is 9.97 Å². The first-order chi connectivity index (χ1) is 11.3. The minimum Gasteiger partial charge on any atom is -0.477 e. The second-order valence-electron chi connectivity index (χ2n) is 6.14. The van der Waals surface area contributed by atoms with Crippen molar-refractivity contribution in [3.05, 3.63) is 17.6 Å². The number of likely N-dealkylation sites (tertiary alicyclic amines) is 1. The van der Waals surface area contributed by atoms with Crippen LogP contribution in [0.5, 0.6) is 5.88 Å². The molecule has 134 valence electrons. The molecular formula is C16H22F3N3O2. The molecule has 0 saturated carbocycles. The summed E-state index contributed by atoms with van der Waals surface area (Å²) in [5.41, 5.74) is 1.77. The van der Waals surface area contributed by atoms with Crippen LogP contribution in [0.15, 0.2) is 6.33 Å². The molecule has 0 aliphatic carbocycles. The third-order valence-electron chi connectivity index (χ3n) is 4.34. The summed E-state index contributed by atoms with van der Waals surface area (Å²) in [7, 11) is 0. The summed E-state index contributed by atoms with van der Waals surface area (Å²) in [6.07, 6.45) is -2.90. The number of carbonyl (C=O) groups excluding carboxylic acids is 1. The van der Waals surface area contributed by atoms with Gasteiger partial charge in [0.25, 0.3) is 0 Å². The van der Waals surface area contributed by atoms with Gasteiger partial charge in [-0.2, -0.15) is 13.2 Å². The molecule has 1 aliphatic rings. The van der Waals surface area contributed by atoms with E-state index in [1.54, 1.807) is 0 Å². The highest BCUT2D eigenvalue weighted by atomic mass is 19.4. The number of nitrogens with zero attached hydrogens (tertiary/aromatic N) is 3. The molecule has 1 amide bonds. The lowest BCUT2D eigenvalue weighted by molar-refractivity contribution is -0.149. The Morgan fingerprint density at radius 1 is 1.29 bits per heavy atom. The van der Waals surface area contributed by atoms with E-state index in [1.807, 2.05) is 13.8 Å². The maximum Gasteiger partial charge on any atom is 0.389 e. The molecule has 0 spiro atoms. The summed E-state index contributed by atoms with van der Waals surface area (Å²) in [4.78, 5) is 21.5. The number of carbonyl (C=O) groups is 1. The molecule has 1 aromatic rings. The van der Waals surface area contributed by atoms with E-state index < -0.39 is 24.9 Å².